The number of aliphatic carboxylic acids is 1. The number of carbonyl (C=O) groups excluding carboxylic acids is 4. The third-order valence-electron chi connectivity index (χ3n) is 4.08. The molecule has 0 saturated carbocycles. The van der Waals surface area contributed by atoms with Crippen molar-refractivity contribution in [1.29, 1.82) is 0 Å². The summed E-state index contributed by atoms with van der Waals surface area (Å²) in [7, 11) is 0. The molecule has 27 heavy (non-hydrogen) atoms. The van der Waals surface area contributed by atoms with Crippen molar-refractivity contribution >= 4 is 63.3 Å². The molecule has 1 aromatic carbocycles. The van der Waals surface area contributed by atoms with E-state index in [2.05, 4.69) is 0 Å². The van der Waals surface area contributed by atoms with E-state index < -0.39 is 23.7 Å². The van der Waals surface area contributed by atoms with Crippen LogP contribution in [0.25, 0.3) is 5.57 Å². The molecule has 8 nitrogen and oxygen atoms in total. The standard InChI is InChI=1S/C17H15N3O5S2/c18-11(21)8-20-10-5-2-1-4-9(10)13(15(20)24)14-16(25)19(17(26)27-14)7-3-6-12(22)23/h1-2,4-5H,3,6-8H2,(H2,18,21)(H,22,23)/p-1/b14-13-. The number of thiocarbonyl (C=S) groups is 1. The van der Waals surface area contributed by atoms with Crippen molar-refractivity contribution in [2.24, 2.45) is 5.73 Å². The molecule has 2 heterocycles. The number of amides is 3. The van der Waals surface area contributed by atoms with Crippen LogP contribution in [0.15, 0.2) is 29.2 Å². The van der Waals surface area contributed by atoms with Crippen molar-refractivity contribution in [3.63, 3.8) is 0 Å². The molecule has 1 saturated heterocycles. The van der Waals surface area contributed by atoms with Crippen LogP contribution < -0.4 is 15.7 Å². The highest BCUT2D eigenvalue weighted by Gasteiger charge is 2.42. The first kappa shape index (κ1) is 19.1. The number of nitrogens with zero attached hydrogens (tertiary/aromatic N) is 2. The maximum absolute atomic E-state index is 12.9. The number of hydrogen-bond acceptors (Lipinski definition) is 7. The summed E-state index contributed by atoms with van der Waals surface area (Å²) < 4.78 is 0.250. The Morgan fingerprint density at radius 1 is 1.15 bits per heavy atom. The van der Waals surface area contributed by atoms with Gasteiger partial charge in [-0.3, -0.25) is 24.2 Å². The molecule has 0 radical (unpaired) electrons. The second kappa shape index (κ2) is 7.49. The number of nitrogens with two attached hydrogens (primary N) is 1. The highest BCUT2D eigenvalue weighted by atomic mass is 32.2. The van der Waals surface area contributed by atoms with E-state index in [4.69, 9.17) is 18.0 Å². The van der Waals surface area contributed by atoms with Gasteiger partial charge in [-0.05, 0) is 18.9 Å². The summed E-state index contributed by atoms with van der Waals surface area (Å²) >= 11 is 6.20. The van der Waals surface area contributed by atoms with Gasteiger partial charge in [-0.2, -0.15) is 0 Å². The predicted molar refractivity (Wildman–Crippen MR) is 101 cm³/mol. The molecular weight excluding hydrogens is 390 g/mol. The molecule has 3 rings (SSSR count). The minimum Gasteiger partial charge on any atom is -0.550 e. The number of fused-ring (bicyclic) bond motifs is 1. The summed E-state index contributed by atoms with van der Waals surface area (Å²) in [5.41, 5.74) is 6.44. The Bertz CT molecular complexity index is 912. The molecule has 2 N–H and O–H groups in total. The van der Waals surface area contributed by atoms with Gasteiger partial charge < -0.3 is 15.6 Å². The Balaban J connectivity index is 1.96. The van der Waals surface area contributed by atoms with E-state index in [1.165, 1.54) is 9.80 Å². The molecule has 2 aliphatic rings. The van der Waals surface area contributed by atoms with Gasteiger partial charge in [0.05, 0.1) is 16.2 Å². The summed E-state index contributed by atoms with van der Waals surface area (Å²) in [5, 5.41) is 10.6. The van der Waals surface area contributed by atoms with Crippen molar-refractivity contribution in [2.45, 2.75) is 12.8 Å². The Kier molecular flexibility index (Phi) is 5.29. The Labute approximate surface area is 164 Å². The minimum absolute atomic E-state index is 0.121. The molecule has 0 bridgehead atoms. The zero-order valence-corrected chi connectivity index (χ0v) is 15.6. The zero-order valence-electron chi connectivity index (χ0n) is 14.0. The van der Waals surface area contributed by atoms with E-state index in [1.54, 1.807) is 24.3 Å². The molecule has 0 spiro atoms. The molecule has 1 fully saturated rings. The van der Waals surface area contributed by atoms with E-state index in [0.717, 1.165) is 11.8 Å². The molecule has 0 aromatic heterocycles. The van der Waals surface area contributed by atoms with E-state index in [1.807, 2.05) is 0 Å². The first-order valence-corrected chi connectivity index (χ1v) is 9.21. The van der Waals surface area contributed by atoms with Crippen LogP contribution >= 0.6 is 24.0 Å². The van der Waals surface area contributed by atoms with Crippen molar-refractivity contribution in [3.8, 4) is 0 Å². The second-order valence-corrected chi connectivity index (χ2v) is 7.52. The Hall–Kier alpha value is -2.72. The normalized spacial score (nSPS) is 19.0. The van der Waals surface area contributed by atoms with E-state index in [0.29, 0.717) is 11.3 Å². The smallest absolute Gasteiger partial charge is 0.267 e. The summed E-state index contributed by atoms with van der Waals surface area (Å²) in [6.45, 7) is -0.179. The van der Waals surface area contributed by atoms with Crippen LogP contribution in [0.2, 0.25) is 0 Å². The SMILES string of the molecule is NC(=O)CN1C(=O)/C(=C2\SC(=S)N(CCCC(=O)[O-])C2=O)c2ccccc21. The maximum Gasteiger partial charge on any atom is 0.267 e. The van der Waals surface area contributed by atoms with Crippen LogP contribution in [0.3, 0.4) is 0 Å². The summed E-state index contributed by atoms with van der Waals surface area (Å²) in [5.74, 6) is -2.83. The number of carboxylic acids is 1. The average Bonchev–Trinajstić information content (AvgIpc) is 3.02. The lowest BCUT2D eigenvalue weighted by molar-refractivity contribution is -0.305. The van der Waals surface area contributed by atoms with Crippen LogP contribution in [-0.4, -0.2) is 46.0 Å². The molecule has 2 aliphatic heterocycles. The van der Waals surface area contributed by atoms with Crippen LogP contribution in [0.4, 0.5) is 5.69 Å². The van der Waals surface area contributed by atoms with Crippen LogP contribution in [0.5, 0.6) is 0 Å². The molecule has 0 aliphatic carbocycles. The number of rotatable bonds is 6. The number of thioether (sulfide) groups is 1. The van der Waals surface area contributed by atoms with Crippen molar-refractivity contribution in [2.75, 3.05) is 18.0 Å². The first-order chi connectivity index (χ1) is 12.8. The maximum atomic E-state index is 12.9. The Morgan fingerprint density at radius 2 is 1.85 bits per heavy atom. The highest BCUT2D eigenvalue weighted by Crippen LogP contribution is 2.44. The molecule has 1 aromatic rings. The summed E-state index contributed by atoms with van der Waals surface area (Å²) in [6, 6.07) is 6.80. The van der Waals surface area contributed by atoms with Gasteiger partial charge in [0.2, 0.25) is 5.91 Å². The lowest BCUT2D eigenvalue weighted by Gasteiger charge is -2.15. The quantitative estimate of drug-likeness (QED) is 0.506. The number of benzene rings is 1. The van der Waals surface area contributed by atoms with Gasteiger partial charge in [0.15, 0.2) is 0 Å². The van der Waals surface area contributed by atoms with E-state index >= 15 is 0 Å². The fourth-order valence-corrected chi connectivity index (χ4v) is 4.32. The number of para-hydroxylation sites is 1. The predicted octanol–water partition coefficient (Wildman–Crippen LogP) is -0.380. The van der Waals surface area contributed by atoms with Gasteiger partial charge >= 0.3 is 0 Å². The summed E-state index contributed by atoms with van der Waals surface area (Å²) in [4.78, 5) is 50.3. The molecule has 3 amide bonds. The largest absolute Gasteiger partial charge is 0.550 e. The Morgan fingerprint density at radius 3 is 2.52 bits per heavy atom. The summed E-state index contributed by atoms with van der Waals surface area (Å²) in [6.07, 6.45) is -0.00710. The van der Waals surface area contributed by atoms with Crippen molar-refractivity contribution < 1.29 is 24.3 Å². The van der Waals surface area contributed by atoms with E-state index in [-0.39, 0.29) is 40.7 Å². The number of primary amides is 1. The van der Waals surface area contributed by atoms with Gasteiger partial charge in [0.25, 0.3) is 11.8 Å². The van der Waals surface area contributed by atoms with Gasteiger partial charge in [-0.1, -0.05) is 42.2 Å². The third-order valence-corrected chi connectivity index (χ3v) is 5.52. The van der Waals surface area contributed by atoms with Crippen molar-refractivity contribution in [1.82, 2.24) is 4.90 Å². The molecule has 0 unspecified atom stereocenters. The number of carboxylic acid groups (broad SMARTS) is 1. The highest BCUT2D eigenvalue weighted by molar-refractivity contribution is 8.26. The average molecular weight is 404 g/mol. The molecule has 0 atom stereocenters. The van der Waals surface area contributed by atoms with Crippen LogP contribution in [-0.2, 0) is 19.2 Å². The van der Waals surface area contributed by atoms with Crippen LogP contribution in [0, 0.1) is 0 Å². The number of anilines is 1. The fourth-order valence-electron chi connectivity index (χ4n) is 2.94. The molecular formula is C17H14N3O5S2-. The van der Waals surface area contributed by atoms with Crippen molar-refractivity contribution in [3.05, 3.63) is 34.7 Å². The third kappa shape index (κ3) is 3.58. The van der Waals surface area contributed by atoms with Gasteiger partial charge in [-0.15, -0.1) is 0 Å². The minimum atomic E-state index is -1.21. The zero-order chi connectivity index (χ0) is 19.7. The topological polar surface area (TPSA) is 124 Å². The van der Waals surface area contributed by atoms with Gasteiger partial charge in [0.1, 0.15) is 10.9 Å². The van der Waals surface area contributed by atoms with Gasteiger partial charge in [0, 0.05) is 18.1 Å². The monoisotopic (exact) mass is 404 g/mol. The number of carbonyl (C=O) groups is 4. The first-order valence-electron chi connectivity index (χ1n) is 7.98. The number of hydrogen-bond donors (Lipinski definition) is 1. The lowest BCUT2D eigenvalue weighted by atomic mass is 10.1. The van der Waals surface area contributed by atoms with E-state index in [9.17, 15) is 24.3 Å². The molecule has 10 heteroatoms. The van der Waals surface area contributed by atoms with Crippen LogP contribution in [0.1, 0.15) is 18.4 Å². The van der Waals surface area contributed by atoms with Gasteiger partial charge in [-0.25, -0.2) is 0 Å². The molecule has 140 valence electrons. The second-order valence-electron chi connectivity index (χ2n) is 5.88. The fraction of sp³-hybridized carbons (Fsp3) is 0.235. The lowest BCUT2D eigenvalue weighted by Crippen LogP contribution is -2.36.